The van der Waals surface area contributed by atoms with Gasteiger partial charge >= 0.3 is 11.9 Å². The third-order valence-electron chi connectivity index (χ3n) is 5.17. The average Bonchev–Trinajstić information content (AvgIpc) is 3.29. The number of thiophene rings is 1. The van der Waals surface area contributed by atoms with Crippen LogP contribution in [0.15, 0.2) is 24.3 Å². The van der Waals surface area contributed by atoms with Crippen LogP contribution in [0.2, 0.25) is 0 Å². The summed E-state index contributed by atoms with van der Waals surface area (Å²) in [4.78, 5) is 52.1. The number of nitrogens with one attached hydrogen (secondary N) is 1. The lowest BCUT2D eigenvalue weighted by Crippen LogP contribution is -2.28. The van der Waals surface area contributed by atoms with Crippen LogP contribution < -0.4 is 10.2 Å². The number of amides is 2. The van der Waals surface area contributed by atoms with Crippen molar-refractivity contribution in [1.82, 2.24) is 0 Å². The third-order valence-corrected chi connectivity index (χ3v) is 6.35. The number of carbonyl (C=O) groups excluding carboxylic acids is 4. The Balaban J connectivity index is 1.82. The highest BCUT2D eigenvalue weighted by molar-refractivity contribution is 7.18. The van der Waals surface area contributed by atoms with E-state index >= 15 is 0 Å². The van der Waals surface area contributed by atoms with Gasteiger partial charge in [-0.05, 0) is 45.4 Å². The first-order valence-electron chi connectivity index (χ1n) is 10.4. The summed E-state index contributed by atoms with van der Waals surface area (Å²) < 4.78 is 10.2. The fourth-order valence-corrected chi connectivity index (χ4v) is 4.60. The van der Waals surface area contributed by atoms with Gasteiger partial charge in [-0.1, -0.05) is 17.7 Å². The molecule has 1 aromatic carbocycles. The van der Waals surface area contributed by atoms with Crippen molar-refractivity contribution in [2.75, 3.05) is 30.0 Å². The van der Waals surface area contributed by atoms with Gasteiger partial charge in [0.25, 0.3) is 0 Å². The maximum absolute atomic E-state index is 13.0. The molecule has 170 valence electrons. The SMILES string of the molecule is CCOC(=O)c1sc(NC(=O)C2CC(=O)N(c3ccc(C)cc3)C2)c(C(=O)OCC)c1C. The summed E-state index contributed by atoms with van der Waals surface area (Å²) in [6, 6.07) is 7.52. The molecular weight excluding hydrogens is 432 g/mol. The Bertz CT molecular complexity index is 1040. The molecule has 0 radical (unpaired) electrons. The summed E-state index contributed by atoms with van der Waals surface area (Å²) in [5, 5.41) is 2.96. The van der Waals surface area contributed by atoms with Crippen LogP contribution in [0.3, 0.4) is 0 Å². The predicted molar refractivity (Wildman–Crippen MR) is 121 cm³/mol. The molecule has 0 aliphatic carbocycles. The van der Waals surface area contributed by atoms with Crippen molar-refractivity contribution >= 4 is 45.8 Å². The average molecular weight is 459 g/mol. The molecule has 0 bridgehead atoms. The largest absolute Gasteiger partial charge is 0.462 e. The quantitative estimate of drug-likeness (QED) is 0.635. The molecule has 1 aromatic heterocycles. The smallest absolute Gasteiger partial charge is 0.348 e. The Morgan fingerprint density at radius 1 is 1.06 bits per heavy atom. The fourth-order valence-electron chi connectivity index (χ4n) is 3.51. The molecule has 2 aromatic rings. The summed E-state index contributed by atoms with van der Waals surface area (Å²) in [6.45, 7) is 7.51. The number of esters is 2. The Kier molecular flexibility index (Phi) is 7.29. The zero-order valence-electron chi connectivity index (χ0n) is 18.5. The van der Waals surface area contributed by atoms with Crippen molar-refractivity contribution in [3.05, 3.63) is 45.8 Å². The number of nitrogens with zero attached hydrogens (tertiary/aromatic N) is 1. The number of ether oxygens (including phenoxy) is 2. The zero-order valence-corrected chi connectivity index (χ0v) is 19.3. The Labute approximate surface area is 190 Å². The van der Waals surface area contributed by atoms with E-state index in [1.807, 2.05) is 31.2 Å². The summed E-state index contributed by atoms with van der Waals surface area (Å²) in [7, 11) is 0. The van der Waals surface area contributed by atoms with Crippen molar-refractivity contribution in [1.29, 1.82) is 0 Å². The van der Waals surface area contributed by atoms with Gasteiger partial charge < -0.3 is 19.7 Å². The maximum Gasteiger partial charge on any atom is 0.348 e. The first-order valence-corrected chi connectivity index (χ1v) is 11.2. The van der Waals surface area contributed by atoms with Crippen molar-refractivity contribution in [3.8, 4) is 0 Å². The summed E-state index contributed by atoms with van der Waals surface area (Å²) >= 11 is 0.969. The van der Waals surface area contributed by atoms with Crippen molar-refractivity contribution in [3.63, 3.8) is 0 Å². The molecule has 1 aliphatic rings. The van der Waals surface area contributed by atoms with E-state index in [9.17, 15) is 19.2 Å². The first kappa shape index (κ1) is 23.5. The van der Waals surface area contributed by atoms with Gasteiger partial charge in [0.15, 0.2) is 0 Å². The minimum atomic E-state index is -0.629. The van der Waals surface area contributed by atoms with E-state index in [1.54, 1.807) is 25.7 Å². The Morgan fingerprint density at radius 2 is 1.69 bits per heavy atom. The molecular formula is C23H26N2O6S. The molecule has 1 unspecified atom stereocenters. The van der Waals surface area contributed by atoms with Gasteiger partial charge in [-0.3, -0.25) is 9.59 Å². The van der Waals surface area contributed by atoms with Crippen LogP contribution in [0.1, 0.15) is 51.4 Å². The van der Waals surface area contributed by atoms with E-state index in [4.69, 9.17) is 9.47 Å². The summed E-state index contributed by atoms with van der Waals surface area (Å²) in [5.74, 6) is -2.32. The van der Waals surface area contributed by atoms with Crippen LogP contribution >= 0.6 is 11.3 Å². The van der Waals surface area contributed by atoms with E-state index in [0.29, 0.717) is 5.56 Å². The lowest BCUT2D eigenvalue weighted by molar-refractivity contribution is -0.122. The number of anilines is 2. The minimum Gasteiger partial charge on any atom is -0.462 e. The Hall–Kier alpha value is -3.20. The topological polar surface area (TPSA) is 102 Å². The van der Waals surface area contributed by atoms with Crippen LogP contribution in [0.25, 0.3) is 0 Å². The molecule has 3 rings (SSSR count). The predicted octanol–water partition coefficient (Wildman–Crippen LogP) is 3.71. The molecule has 32 heavy (non-hydrogen) atoms. The van der Waals surface area contributed by atoms with Crippen LogP contribution in [-0.2, 0) is 19.1 Å². The maximum atomic E-state index is 13.0. The number of aryl methyl sites for hydroxylation is 1. The number of carbonyl (C=O) groups is 4. The number of hydrogen-bond acceptors (Lipinski definition) is 7. The fraction of sp³-hybridized carbons (Fsp3) is 0.391. The molecule has 1 aliphatic heterocycles. The molecule has 1 saturated heterocycles. The molecule has 2 amide bonds. The van der Waals surface area contributed by atoms with Gasteiger partial charge in [-0.25, -0.2) is 9.59 Å². The minimum absolute atomic E-state index is 0.0591. The highest BCUT2D eigenvalue weighted by atomic mass is 32.1. The van der Waals surface area contributed by atoms with E-state index in [1.165, 1.54) is 0 Å². The van der Waals surface area contributed by atoms with Gasteiger partial charge in [0.1, 0.15) is 9.88 Å². The second kappa shape index (κ2) is 9.95. The summed E-state index contributed by atoms with van der Waals surface area (Å²) in [5.41, 5.74) is 2.34. The van der Waals surface area contributed by atoms with Crippen molar-refractivity contribution < 1.29 is 28.7 Å². The number of benzene rings is 1. The van der Waals surface area contributed by atoms with Gasteiger partial charge in [0.05, 0.1) is 24.7 Å². The second-order valence-electron chi connectivity index (χ2n) is 7.43. The molecule has 0 spiro atoms. The van der Waals surface area contributed by atoms with Crippen LogP contribution in [0.4, 0.5) is 10.7 Å². The van der Waals surface area contributed by atoms with E-state index in [0.717, 1.165) is 22.6 Å². The molecule has 2 heterocycles. The molecule has 1 atom stereocenters. The van der Waals surface area contributed by atoms with Crippen molar-refractivity contribution in [2.45, 2.75) is 34.1 Å². The highest BCUT2D eigenvalue weighted by Crippen LogP contribution is 2.35. The lowest BCUT2D eigenvalue weighted by Gasteiger charge is -2.17. The molecule has 1 fully saturated rings. The number of rotatable bonds is 7. The van der Waals surface area contributed by atoms with Crippen LogP contribution in [0.5, 0.6) is 0 Å². The van der Waals surface area contributed by atoms with Crippen LogP contribution in [0, 0.1) is 19.8 Å². The monoisotopic (exact) mass is 458 g/mol. The zero-order chi connectivity index (χ0) is 23.4. The first-order chi connectivity index (χ1) is 15.3. The van der Waals surface area contributed by atoms with Crippen LogP contribution in [-0.4, -0.2) is 43.5 Å². The normalized spacial score (nSPS) is 15.6. The van der Waals surface area contributed by atoms with Gasteiger partial charge in [0, 0.05) is 18.7 Å². The lowest BCUT2D eigenvalue weighted by atomic mass is 10.1. The van der Waals surface area contributed by atoms with Gasteiger partial charge in [-0.15, -0.1) is 11.3 Å². The molecule has 9 heteroatoms. The molecule has 0 saturated carbocycles. The van der Waals surface area contributed by atoms with Gasteiger partial charge in [0.2, 0.25) is 11.8 Å². The van der Waals surface area contributed by atoms with E-state index in [-0.39, 0.29) is 47.5 Å². The second-order valence-corrected chi connectivity index (χ2v) is 8.45. The highest BCUT2D eigenvalue weighted by Gasteiger charge is 2.36. The Morgan fingerprint density at radius 3 is 2.31 bits per heavy atom. The third kappa shape index (κ3) is 4.83. The van der Waals surface area contributed by atoms with E-state index < -0.39 is 23.8 Å². The van der Waals surface area contributed by atoms with Gasteiger partial charge in [-0.2, -0.15) is 0 Å². The number of hydrogen-bond donors (Lipinski definition) is 1. The molecule has 1 N–H and O–H groups in total. The summed E-state index contributed by atoms with van der Waals surface area (Å²) in [6.07, 6.45) is 0.0591. The molecule has 8 nitrogen and oxygen atoms in total. The van der Waals surface area contributed by atoms with Crippen molar-refractivity contribution in [2.24, 2.45) is 5.92 Å². The standard InChI is InChI=1S/C23H26N2O6S/c1-5-30-22(28)18-14(4)19(23(29)31-6-2)32-21(18)24-20(27)15-11-17(26)25(12-15)16-9-7-13(3)8-10-16/h7-10,15H,5-6,11-12H2,1-4H3,(H,24,27). The van der Waals surface area contributed by atoms with E-state index in [2.05, 4.69) is 5.32 Å².